The Morgan fingerprint density at radius 1 is 0.897 bits per heavy atom. The molecule has 0 aliphatic rings. The SMILES string of the molecule is COc1ccc([C@H](OC(=O)Nc2cccc3ccccc23)[C@H](/C=C/C(=O)Nc2ccccc2N)OC)cc1O. The van der Waals surface area contributed by atoms with Crippen LogP contribution < -0.4 is 21.1 Å². The van der Waals surface area contributed by atoms with E-state index in [-0.39, 0.29) is 11.5 Å². The Morgan fingerprint density at radius 3 is 2.36 bits per heavy atom. The third-order valence-corrected chi connectivity index (χ3v) is 6.02. The number of ether oxygens (including phenoxy) is 3. The second-order valence-corrected chi connectivity index (χ2v) is 8.54. The van der Waals surface area contributed by atoms with Crippen LogP contribution in [0.2, 0.25) is 0 Å². The number of nitrogens with one attached hydrogen (secondary N) is 2. The summed E-state index contributed by atoms with van der Waals surface area (Å²) in [6.45, 7) is 0. The predicted octanol–water partition coefficient (Wildman–Crippen LogP) is 5.64. The minimum Gasteiger partial charge on any atom is -0.504 e. The lowest BCUT2D eigenvalue weighted by Crippen LogP contribution is -2.27. The van der Waals surface area contributed by atoms with Crippen LogP contribution in [0.4, 0.5) is 21.9 Å². The van der Waals surface area contributed by atoms with Crippen LogP contribution in [0.3, 0.4) is 0 Å². The quantitative estimate of drug-likeness (QED) is 0.164. The zero-order valence-electron chi connectivity index (χ0n) is 21.5. The number of nitrogens with two attached hydrogens (primary N) is 1. The van der Waals surface area contributed by atoms with Gasteiger partial charge in [-0.3, -0.25) is 10.1 Å². The molecule has 2 atom stereocenters. The number of hydrogen-bond acceptors (Lipinski definition) is 7. The van der Waals surface area contributed by atoms with Crippen molar-refractivity contribution in [2.75, 3.05) is 30.6 Å². The second-order valence-electron chi connectivity index (χ2n) is 8.54. The molecule has 0 unspecified atom stereocenters. The molecule has 5 N–H and O–H groups in total. The van der Waals surface area contributed by atoms with Gasteiger partial charge in [0.2, 0.25) is 5.91 Å². The van der Waals surface area contributed by atoms with E-state index in [1.165, 1.54) is 32.4 Å². The number of carbonyl (C=O) groups is 2. The van der Waals surface area contributed by atoms with E-state index >= 15 is 0 Å². The van der Waals surface area contributed by atoms with Crippen LogP contribution in [0, 0.1) is 0 Å². The zero-order valence-corrected chi connectivity index (χ0v) is 21.5. The van der Waals surface area contributed by atoms with Crippen LogP contribution >= 0.6 is 0 Å². The molecular weight excluding hydrogens is 498 g/mol. The van der Waals surface area contributed by atoms with Gasteiger partial charge in [0.25, 0.3) is 0 Å². The molecule has 0 saturated carbocycles. The number of hydrogen-bond donors (Lipinski definition) is 4. The lowest BCUT2D eigenvalue weighted by Gasteiger charge is -2.25. The molecule has 9 heteroatoms. The second kappa shape index (κ2) is 12.5. The van der Waals surface area contributed by atoms with Crippen molar-refractivity contribution in [2.45, 2.75) is 12.2 Å². The molecule has 0 aromatic heterocycles. The summed E-state index contributed by atoms with van der Waals surface area (Å²) in [7, 11) is 2.85. The molecule has 0 spiro atoms. The summed E-state index contributed by atoms with van der Waals surface area (Å²) < 4.78 is 16.5. The Hall–Kier alpha value is -5.02. The fourth-order valence-electron chi connectivity index (χ4n) is 4.07. The van der Waals surface area contributed by atoms with Gasteiger partial charge in [0.15, 0.2) is 17.6 Å². The summed E-state index contributed by atoms with van der Waals surface area (Å²) in [4.78, 5) is 25.7. The number of anilines is 3. The molecule has 0 aliphatic heterocycles. The van der Waals surface area contributed by atoms with Gasteiger partial charge >= 0.3 is 6.09 Å². The number of carbonyl (C=O) groups excluding carboxylic acids is 2. The van der Waals surface area contributed by atoms with Crippen molar-refractivity contribution in [1.82, 2.24) is 0 Å². The fraction of sp³-hybridized carbons (Fsp3) is 0.133. The van der Waals surface area contributed by atoms with Crippen LogP contribution in [-0.2, 0) is 14.3 Å². The van der Waals surface area contributed by atoms with E-state index in [9.17, 15) is 14.7 Å². The van der Waals surface area contributed by atoms with Crippen LogP contribution in [0.5, 0.6) is 11.5 Å². The largest absolute Gasteiger partial charge is 0.504 e. The Bertz CT molecular complexity index is 1500. The molecule has 39 heavy (non-hydrogen) atoms. The van der Waals surface area contributed by atoms with Gasteiger partial charge < -0.3 is 30.4 Å². The molecular formula is C30H29N3O6. The first-order valence-electron chi connectivity index (χ1n) is 12.1. The predicted molar refractivity (Wildman–Crippen MR) is 151 cm³/mol. The van der Waals surface area contributed by atoms with Gasteiger partial charge in [-0.1, -0.05) is 54.6 Å². The molecule has 0 heterocycles. The molecule has 9 nitrogen and oxygen atoms in total. The number of nitrogen functional groups attached to an aromatic ring is 1. The van der Waals surface area contributed by atoms with Gasteiger partial charge in [-0.15, -0.1) is 0 Å². The average Bonchev–Trinajstić information content (AvgIpc) is 2.94. The van der Waals surface area contributed by atoms with Crippen molar-refractivity contribution < 1.29 is 28.9 Å². The van der Waals surface area contributed by atoms with E-state index in [0.29, 0.717) is 22.6 Å². The van der Waals surface area contributed by atoms with Gasteiger partial charge in [0.1, 0.15) is 6.10 Å². The Balaban J connectivity index is 1.59. The maximum Gasteiger partial charge on any atom is 0.412 e. The lowest BCUT2D eigenvalue weighted by molar-refractivity contribution is -0.112. The standard InChI is InChI=1S/C30H29N3O6/c1-37-26-15-14-20(18-25(26)34)29(27(38-2)16-17-28(35)32-24-12-6-5-11-22(24)31)39-30(36)33-23-13-7-9-19-8-3-4-10-21(19)23/h3-18,27,29,34H,31H2,1-2H3,(H,32,35)(H,33,36)/b17-16+/t27-,29-/m0/s1. The molecule has 200 valence electrons. The number of phenols is 1. The molecule has 0 aliphatic carbocycles. The monoisotopic (exact) mass is 527 g/mol. The normalized spacial score (nSPS) is 12.6. The highest BCUT2D eigenvalue weighted by molar-refractivity contribution is 6.01. The third kappa shape index (κ3) is 6.65. The van der Waals surface area contributed by atoms with Crippen molar-refractivity contribution in [3.05, 3.63) is 103 Å². The zero-order chi connectivity index (χ0) is 27.8. The first-order chi connectivity index (χ1) is 18.9. The summed E-state index contributed by atoms with van der Waals surface area (Å²) in [5.41, 5.74) is 7.77. The van der Waals surface area contributed by atoms with Gasteiger partial charge in [-0.25, -0.2) is 4.79 Å². The van der Waals surface area contributed by atoms with Gasteiger partial charge in [0, 0.05) is 18.6 Å². The maximum absolute atomic E-state index is 13.1. The van der Waals surface area contributed by atoms with E-state index in [4.69, 9.17) is 19.9 Å². The van der Waals surface area contributed by atoms with Crippen LogP contribution in [0.15, 0.2) is 97.1 Å². The Kier molecular flexibility index (Phi) is 8.65. The molecule has 0 fully saturated rings. The van der Waals surface area contributed by atoms with E-state index < -0.39 is 24.2 Å². The number of phenolic OH excluding ortho intramolecular Hbond substituents is 1. The summed E-state index contributed by atoms with van der Waals surface area (Å²) in [5.74, 6) is -0.345. The summed E-state index contributed by atoms with van der Waals surface area (Å²) in [5, 5.41) is 17.7. The Morgan fingerprint density at radius 2 is 1.62 bits per heavy atom. The minimum absolute atomic E-state index is 0.144. The minimum atomic E-state index is -1.03. The molecule has 0 bridgehead atoms. The third-order valence-electron chi connectivity index (χ3n) is 6.02. The van der Waals surface area contributed by atoms with Crippen LogP contribution in [-0.4, -0.2) is 37.4 Å². The molecule has 4 aromatic rings. The van der Waals surface area contributed by atoms with Crippen LogP contribution in [0.25, 0.3) is 10.8 Å². The number of benzene rings is 4. The highest BCUT2D eigenvalue weighted by Crippen LogP contribution is 2.33. The van der Waals surface area contributed by atoms with Crippen molar-refractivity contribution in [2.24, 2.45) is 0 Å². The maximum atomic E-state index is 13.1. The topological polar surface area (TPSA) is 132 Å². The summed E-state index contributed by atoms with van der Waals surface area (Å²) in [6, 6.07) is 24.6. The molecule has 4 rings (SSSR count). The van der Waals surface area contributed by atoms with Crippen LogP contribution in [0.1, 0.15) is 11.7 Å². The van der Waals surface area contributed by atoms with Gasteiger partial charge in [-0.05, 0) is 47.4 Å². The first-order valence-corrected chi connectivity index (χ1v) is 12.1. The highest BCUT2D eigenvalue weighted by atomic mass is 16.6. The number of fused-ring (bicyclic) bond motifs is 1. The van der Waals surface area contributed by atoms with E-state index in [1.807, 2.05) is 36.4 Å². The van der Waals surface area contributed by atoms with E-state index in [0.717, 1.165) is 10.8 Å². The van der Waals surface area contributed by atoms with Crippen molar-refractivity contribution in [3.63, 3.8) is 0 Å². The van der Waals surface area contributed by atoms with Crippen molar-refractivity contribution in [3.8, 4) is 11.5 Å². The molecule has 0 saturated heterocycles. The smallest absolute Gasteiger partial charge is 0.412 e. The van der Waals surface area contributed by atoms with E-state index in [1.54, 1.807) is 42.5 Å². The molecule has 4 aromatic carbocycles. The number of rotatable bonds is 9. The number of amides is 2. The number of methoxy groups -OCH3 is 2. The first kappa shape index (κ1) is 27.0. The molecule has 0 radical (unpaired) electrons. The Labute approximate surface area is 225 Å². The fourth-order valence-corrected chi connectivity index (χ4v) is 4.07. The van der Waals surface area contributed by atoms with Gasteiger partial charge in [0.05, 0.1) is 24.2 Å². The van der Waals surface area contributed by atoms with Crippen molar-refractivity contribution in [1.29, 1.82) is 0 Å². The highest BCUT2D eigenvalue weighted by Gasteiger charge is 2.27. The lowest BCUT2D eigenvalue weighted by atomic mass is 10.0. The van der Waals surface area contributed by atoms with Gasteiger partial charge in [-0.2, -0.15) is 0 Å². The average molecular weight is 528 g/mol. The number of aromatic hydroxyl groups is 1. The number of para-hydroxylation sites is 2. The van der Waals surface area contributed by atoms with E-state index in [2.05, 4.69) is 10.6 Å². The van der Waals surface area contributed by atoms with Crippen molar-refractivity contribution >= 4 is 39.8 Å². The summed E-state index contributed by atoms with van der Waals surface area (Å²) >= 11 is 0. The summed E-state index contributed by atoms with van der Waals surface area (Å²) in [6.07, 6.45) is 0.0559. The molecule has 2 amide bonds.